The molecule has 0 aliphatic carbocycles. The van der Waals surface area contributed by atoms with Gasteiger partial charge in [0.2, 0.25) is 0 Å². The van der Waals surface area contributed by atoms with Gasteiger partial charge in [-0.05, 0) is 43.1 Å². The maximum Gasteiger partial charge on any atom is 0.120 e. The molecule has 0 unspecified atom stereocenters. The van der Waals surface area contributed by atoms with Crippen molar-refractivity contribution in [2.24, 2.45) is 0 Å². The van der Waals surface area contributed by atoms with Crippen molar-refractivity contribution in [1.29, 1.82) is 0 Å². The summed E-state index contributed by atoms with van der Waals surface area (Å²) in [5.41, 5.74) is 3.70. The van der Waals surface area contributed by atoms with Crippen molar-refractivity contribution < 1.29 is 4.74 Å². The van der Waals surface area contributed by atoms with Crippen LogP contribution in [-0.4, -0.2) is 16.1 Å². The van der Waals surface area contributed by atoms with Crippen molar-refractivity contribution in [3.63, 3.8) is 0 Å². The van der Waals surface area contributed by atoms with Crippen LogP contribution in [-0.2, 0) is 19.7 Å². The maximum absolute atomic E-state index is 5.93. The molecule has 4 heteroatoms. The smallest absolute Gasteiger partial charge is 0.120 e. The molecule has 0 amide bonds. The number of imidazole rings is 1. The Bertz CT molecular complexity index is 768. The quantitative estimate of drug-likeness (QED) is 0.602. The number of hydrogen-bond acceptors (Lipinski definition) is 3. The first-order chi connectivity index (χ1) is 12.3. The highest BCUT2D eigenvalue weighted by Gasteiger charge is 1.99. The van der Waals surface area contributed by atoms with Gasteiger partial charge in [0.15, 0.2) is 0 Å². The normalized spacial score (nSPS) is 10.8. The van der Waals surface area contributed by atoms with Gasteiger partial charge in [0.05, 0.1) is 6.33 Å². The minimum Gasteiger partial charge on any atom is -0.489 e. The summed E-state index contributed by atoms with van der Waals surface area (Å²) in [4.78, 5) is 4.05. The van der Waals surface area contributed by atoms with Gasteiger partial charge in [-0.15, -0.1) is 0 Å². The summed E-state index contributed by atoms with van der Waals surface area (Å²) < 4.78 is 8.02. The van der Waals surface area contributed by atoms with Crippen LogP contribution >= 0.6 is 0 Å². The fourth-order valence-electron chi connectivity index (χ4n) is 2.75. The van der Waals surface area contributed by atoms with Gasteiger partial charge in [-0.3, -0.25) is 0 Å². The van der Waals surface area contributed by atoms with Crippen LogP contribution in [0.3, 0.4) is 0 Å². The maximum atomic E-state index is 5.93. The average molecular weight is 335 g/mol. The van der Waals surface area contributed by atoms with E-state index in [2.05, 4.69) is 58.2 Å². The summed E-state index contributed by atoms with van der Waals surface area (Å²) in [6.07, 6.45) is 6.75. The second-order valence-electron chi connectivity index (χ2n) is 6.26. The topological polar surface area (TPSA) is 39.1 Å². The third kappa shape index (κ3) is 5.76. The first kappa shape index (κ1) is 17.2. The standard InChI is InChI=1S/C21H25N3O/c1-18-5-2-7-20(13-18)16-25-21-8-3-6-19(14-21)15-22-9-4-11-24-12-10-23-17-24/h2-3,5-8,10,12-14,17,22H,4,9,11,15-16H2,1H3. The fourth-order valence-corrected chi connectivity index (χ4v) is 2.75. The number of benzene rings is 2. The molecule has 1 heterocycles. The summed E-state index contributed by atoms with van der Waals surface area (Å²) in [7, 11) is 0. The second kappa shape index (κ2) is 9.04. The van der Waals surface area contributed by atoms with E-state index in [1.165, 1.54) is 16.7 Å². The third-order valence-electron chi connectivity index (χ3n) is 4.04. The molecule has 0 atom stereocenters. The highest BCUT2D eigenvalue weighted by atomic mass is 16.5. The van der Waals surface area contributed by atoms with Crippen molar-refractivity contribution in [2.75, 3.05) is 6.54 Å². The van der Waals surface area contributed by atoms with Crippen LogP contribution < -0.4 is 10.1 Å². The molecule has 1 aromatic heterocycles. The Morgan fingerprint density at radius 1 is 1.08 bits per heavy atom. The molecule has 0 saturated heterocycles. The number of nitrogens with one attached hydrogen (secondary N) is 1. The lowest BCUT2D eigenvalue weighted by Crippen LogP contribution is -2.16. The summed E-state index contributed by atoms with van der Waals surface area (Å²) in [5.74, 6) is 0.916. The average Bonchev–Trinajstić information content (AvgIpc) is 3.14. The van der Waals surface area contributed by atoms with Gasteiger partial charge in [-0.1, -0.05) is 42.0 Å². The molecule has 3 aromatic rings. The lowest BCUT2D eigenvalue weighted by molar-refractivity contribution is 0.306. The van der Waals surface area contributed by atoms with E-state index in [0.29, 0.717) is 6.61 Å². The monoisotopic (exact) mass is 335 g/mol. The molecule has 1 N–H and O–H groups in total. The molecule has 2 aromatic carbocycles. The number of ether oxygens (including phenoxy) is 1. The SMILES string of the molecule is Cc1cccc(COc2cccc(CNCCCn3ccnc3)c2)c1. The number of hydrogen-bond donors (Lipinski definition) is 1. The molecule has 0 saturated carbocycles. The summed E-state index contributed by atoms with van der Waals surface area (Å²) in [6, 6.07) is 16.7. The molecule has 0 bridgehead atoms. The number of nitrogens with zero attached hydrogens (tertiary/aromatic N) is 2. The van der Waals surface area contributed by atoms with E-state index < -0.39 is 0 Å². The van der Waals surface area contributed by atoms with Gasteiger partial charge in [0, 0.05) is 25.5 Å². The highest BCUT2D eigenvalue weighted by Crippen LogP contribution is 2.15. The van der Waals surface area contributed by atoms with Crippen molar-refractivity contribution in [3.05, 3.63) is 83.9 Å². The first-order valence-corrected chi connectivity index (χ1v) is 8.73. The Kier molecular flexibility index (Phi) is 6.23. The van der Waals surface area contributed by atoms with Crippen LogP contribution in [0.1, 0.15) is 23.1 Å². The van der Waals surface area contributed by atoms with Crippen LogP contribution in [0.5, 0.6) is 5.75 Å². The van der Waals surface area contributed by atoms with Gasteiger partial charge < -0.3 is 14.6 Å². The molecule has 25 heavy (non-hydrogen) atoms. The summed E-state index contributed by atoms with van der Waals surface area (Å²) in [5, 5.41) is 3.48. The van der Waals surface area contributed by atoms with E-state index in [0.717, 1.165) is 31.8 Å². The van der Waals surface area contributed by atoms with Gasteiger partial charge in [0.25, 0.3) is 0 Å². The third-order valence-corrected chi connectivity index (χ3v) is 4.04. The summed E-state index contributed by atoms with van der Waals surface area (Å²) in [6.45, 7) is 5.52. The Morgan fingerprint density at radius 2 is 1.96 bits per heavy atom. The molecular formula is C21H25N3O. The van der Waals surface area contributed by atoms with Crippen molar-refractivity contribution in [2.45, 2.75) is 33.0 Å². The molecule has 0 spiro atoms. The predicted octanol–water partition coefficient (Wildman–Crippen LogP) is 3.95. The predicted molar refractivity (Wildman–Crippen MR) is 101 cm³/mol. The zero-order valence-electron chi connectivity index (χ0n) is 14.7. The minimum atomic E-state index is 0.601. The van der Waals surface area contributed by atoms with E-state index in [1.807, 2.05) is 30.9 Å². The molecule has 130 valence electrons. The highest BCUT2D eigenvalue weighted by molar-refractivity contribution is 5.29. The lowest BCUT2D eigenvalue weighted by atomic mass is 10.1. The van der Waals surface area contributed by atoms with E-state index >= 15 is 0 Å². The Morgan fingerprint density at radius 3 is 2.80 bits per heavy atom. The number of aromatic nitrogens is 2. The van der Waals surface area contributed by atoms with Crippen LogP contribution in [0.15, 0.2) is 67.3 Å². The Hall–Kier alpha value is -2.59. The van der Waals surface area contributed by atoms with Gasteiger partial charge in [-0.2, -0.15) is 0 Å². The van der Waals surface area contributed by atoms with Crippen LogP contribution in [0.25, 0.3) is 0 Å². The molecule has 4 nitrogen and oxygen atoms in total. The van der Waals surface area contributed by atoms with E-state index in [-0.39, 0.29) is 0 Å². The first-order valence-electron chi connectivity index (χ1n) is 8.73. The Labute approximate surface area is 149 Å². The largest absolute Gasteiger partial charge is 0.489 e. The molecule has 0 fully saturated rings. The van der Waals surface area contributed by atoms with E-state index in [4.69, 9.17) is 4.74 Å². The van der Waals surface area contributed by atoms with Gasteiger partial charge in [0.1, 0.15) is 12.4 Å². The van der Waals surface area contributed by atoms with Crippen LogP contribution in [0.4, 0.5) is 0 Å². The molecule has 0 aliphatic heterocycles. The number of rotatable bonds is 9. The molecule has 0 aliphatic rings. The number of aryl methyl sites for hydroxylation is 2. The summed E-state index contributed by atoms with van der Waals surface area (Å²) >= 11 is 0. The van der Waals surface area contributed by atoms with E-state index in [9.17, 15) is 0 Å². The van der Waals surface area contributed by atoms with Crippen LogP contribution in [0.2, 0.25) is 0 Å². The van der Waals surface area contributed by atoms with Crippen molar-refractivity contribution in [3.8, 4) is 5.75 Å². The van der Waals surface area contributed by atoms with Gasteiger partial charge in [-0.25, -0.2) is 4.98 Å². The minimum absolute atomic E-state index is 0.601. The second-order valence-corrected chi connectivity index (χ2v) is 6.26. The molecular weight excluding hydrogens is 310 g/mol. The zero-order valence-corrected chi connectivity index (χ0v) is 14.7. The lowest BCUT2D eigenvalue weighted by Gasteiger charge is -2.10. The zero-order chi connectivity index (χ0) is 17.3. The van der Waals surface area contributed by atoms with Crippen LogP contribution in [0, 0.1) is 6.92 Å². The molecule has 0 radical (unpaired) electrons. The van der Waals surface area contributed by atoms with Gasteiger partial charge >= 0.3 is 0 Å². The fraction of sp³-hybridized carbons (Fsp3) is 0.286. The molecule has 3 rings (SSSR count). The van der Waals surface area contributed by atoms with Crippen molar-refractivity contribution >= 4 is 0 Å². The van der Waals surface area contributed by atoms with E-state index in [1.54, 1.807) is 0 Å². The van der Waals surface area contributed by atoms with Crippen molar-refractivity contribution in [1.82, 2.24) is 14.9 Å². The Balaban J connectivity index is 1.41.